The molecule has 1 heterocycles. The van der Waals surface area contributed by atoms with Gasteiger partial charge in [-0.05, 0) is 24.7 Å². The number of methoxy groups -OCH3 is 1. The molecule has 1 aliphatic carbocycles. The van der Waals surface area contributed by atoms with Crippen molar-refractivity contribution in [2.24, 2.45) is 10.9 Å². The third-order valence-corrected chi connectivity index (χ3v) is 3.69. The summed E-state index contributed by atoms with van der Waals surface area (Å²) in [6.07, 6.45) is 5.80. The maximum Gasteiger partial charge on any atom is 0.251 e. The lowest BCUT2D eigenvalue weighted by Crippen LogP contribution is -2.46. The van der Waals surface area contributed by atoms with Gasteiger partial charge in [0.2, 0.25) is 11.0 Å². The van der Waals surface area contributed by atoms with Crippen molar-refractivity contribution in [3.05, 3.63) is 23.8 Å². The second kappa shape index (κ2) is 7.42. The predicted octanol–water partition coefficient (Wildman–Crippen LogP) is 0.840. The fraction of sp³-hybridized carbons (Fsp3) is 0.467. The van der Waals surface area contributed by atoms with Crippen molar-refractivity contribution in [3.63, 3.8) is 0 Å². The zero-order chi connectivity index (χ0) is 16.1. The number of hydrogen-bond acceptors (Lipinski definition) is 4. The van der Waals surface area contributed by atoms with Gasteiger partial charge in [0.05, 0.1) is 18.2 Å². The summed E-state index contributed by atoms with van der Waals surface area (Å²) in [6, 6.07) is 0. The van der Waals surface area contributed by atoms with Crippen LogP contribution in [0.25, 0.3) is 0 Å². The number of nitrogens with zero attached hydrogens (tertiary/aromatic N) is 2. The third kappa shape index (κ3) is 3.48. The third-order valence-electron chi connectivity index (χ3n) is 3.38. The van der Waals surface area contributed by atoms with Crippen molar-refractivity contribution >= 4 is 34.9 Å². The van der Waals surface area contributed by atoms with Crippen molar-refractivity contribution in [2.75, 3.05) is 26.8 Å². The van der Waals surface area contributed by atoms with Gasteiger partial charge >= 0.3 is 0 Å². The van der Waals surface area contributed by atoms with Gasteiger partial charge in [-0.2, -0.15) is 0 Å². The van der Waals surface area contributed by atoms with E-state index in [1.165, 1.54) is 4.90 Å². The summed E-state index contributed by atoms with van der Waals surface area (Å²) < 4.78 is 4.89. The lowest BCUT2D eigenvalue weighted by Gasteiger charge is -2.30. The number of aliphatic imine (C=N–C) groups is 1. The number of amides is 2. The molecule has 1 N–H and O–H groups in total. The molecule has 0 saturated carbocycles. The van der Waals surface area contributed by atoms with E-state index in [1.807, 2.05) is 6.92 Å². The van der Waals surface area contributed by atoms with Crippen molar-refractivity contribution in [3.8, 4) is 0 Å². The van der Waals surface area contributed by atoms with Crippen LogP contribution in [-0.2, 0) is 14.3 Å². The lowest BCUT2D eigenvalue weighted by atomic mass is 9.91. The zero-order valence-corrected chi connectivity index (χ0v) is 13.5. The van der Waals surface area contributed by atoms with Crippen LogP contribution in [0.3, 0.4) is 0 Å². The number of hydrogen-bond donors (Lipinski definition) is 1. The maximum atomic E-state index is 12.4. The number of carbonyl (C=O) groups excluding carboxylic acids is 2. The summed E-state index contributed by atoms with van der Waals surface area (Å²) in [7, 11) is 1.57. The molecule has 2 rings (SSSR count). The van der Waals surface area contributed by atoms with Crippen LogP contribution in [-0.4, -0.2) is 54.3 Å². The first-order chi connectivity index (χ1) is 10.6. The molecule has 0 aromatic rings. The highest BCUT2D eigenvalue weighted by Gasteiger charge is 2.34. The van der Waals surface area contributed by atoms with E-state index >= 15 is 0 Å². The second-order valence-electron chi connectivity index (χ2n) is 4.99. The average Bonchev–Trinajstić information content (AvgIpc) is 2.51. The Morgan fingerprint density at radius 2 is 2.32 bits per heavy atom. The van der Waals surface area contributed by atoms with Gasteiger partial charge in [-0.1, -0.05) is 19.1 Å². The van der Waals surface area contributed by atoms with E-state index < -0.39 is 5.92 Å². The van der Waals surface area contributed by atoms with Crippen molar-refractivity contribution in [1.82, 2.24) is 10.2 Å². The Labute approximate surface area is 134 Å². The molecule has 1 atom stereocenters. The Hall–Kier alpha value is -1.86. The van der Waals surface area contributed by atoms with Crippen LogP contribution in [0.4, 0.5) is 0 Å². The van der Waals surface area contributed by atoms with Crippen molar-refractivity contribution < 1.29 is 14.3 Å². The van der Waals surface area contributed by atoms with Crippen LogP contribution in [0.15, 0.2) is 28.8 Å². The minimum Gasteiger partial charge on any atom is -0.383 e. The fourth-order valence-electron chi connectivity index (χ4n) is 2.28. The molecule has 0 aromatic carbocycles. The molecule has 0 radical (unpaired) electrons. The quantitative estimate of drug-likeness (QED) is 0.581. The van der Waals surface area contributed by atoms with Gasteiger partial charge in [0.15, 0.2) is 0 Å². The molecular weight excluding hydrogens is 302 g/mol. The number of thiocarbonyl (C=S) groups is 1. The van der Waals surface area contributed by atoms with E-state index in [9.17, 15) is 9.59 Å². The Morgan fingerprint density at radius 3 is 3.00 bits per heavy atom. The molecule has 7 heteroatoms. The molecular formula is C15H19N3O3S. The molecule has 22 heavy (non-hydrogen) atoms. The molecule has 0 spiro atoms. The van der Waals surface area contributed by atoms with Crippen LogP contribution in [0.1, 0.15) is 13.3 Å². The van der Waals surface area contributed by atoms with Crippen LogP contribution >= 0.6 is 12.2 Å². The topological polar surface area (TPSA) is 71.0 Å². The van der Waals surface area contributed by atoms with Gasteiger partial charge < -0.3 is 10.1 Å². The Kier molecular flexibility index (Phi) is 5.57. The van der Waals surface area contributed by atoms with Crippen LogP contribution in [0.5, 0.6) is 0 Å². The van der Waals surface area contributed by atoms with Gasteiger partial charge in [-0.15, -0.1) is 0 Å². The standard InChI is InChI=1S/C15H19N3O3S/c1-3-7-18-14(20)11-5-4-10(9-12(11)17-15(18)22)13(19)16-6-8-21-2/h4-5,9,11H,3,6-8H2,1-2H3,(H,16,19). The molecule has 1 unspecified atom stereocenters. The molecule has 2 amide bonds. The minimum atomic E-state index is -0.450. The maximum absolute atomic E-state index is 12.4. The summed E-state index contributed by atoms with van der Waals surface area (Å²) in [5.74, 6) is -0.749. The van der Waals surface area contributed by atoms with Crippen molar-refractivity contribution in [1.29, 1.82) is 0 Å². The van der Waals surface area contributed by atoms with E-state index in [0.717, 1.165) is 6.42 Å². The molecule has 0 aromatic heterocycles. The van der Waals surface area contributed by atoms with Crippen LogP contribution < -0.4 is 5.32 Å². The smallest absolute Gasteiger partial charge is 0.251 e. The lowest BCUT2D eigenvalue weighted by molar-refractivity contribution is -0.128. The number of fused-ring (bicyclic) bond motifs is 1. The SMILES string of the molecule is CCCN1C(=O)C2C=CC(C(=O)NCCOC)=CC2=NC1=S. The highest BCUT2D eigenvalue weighted by molar-refractivity contribution is 7.80. The highest BCUT2D eigenvalue weighted by Crippen LogP contribution is 2.22. The zero-order valence-electron chi connectivity index (χ0n) is 12.7. The van der Waals surface area contributed by atoms with Crippen molar-refractivity contribution in [2.45, 2.75) is 13.3 Å². The van der Waals surface area contributed by atoms with E-state index in [1.54, 1.807) is 25.3 Å². The number of carbonyl (C=O) groups is 2. The van der Waals surface area contributed by atoms with E-state index in [4.69, 9.17) is 17.0 Å². The van der Waals surface area contributed by atoms with Crippen LogP contribution in [0.2, 0.25) is 0 Å². The first-order valence-electron chi connectivity index (χ1n) is 7.19. The van der Waals surface area contributed by atoms with Crippen LogP contribution in [0, 0.1) is 5.92 Å². The normalized spacial score (nSPS) is 20.5. The van der Waals surface area contributed by atoms with Gasteiger partial charge in [0, 0.05) is 25.8 Å². The Bertz CT molecular complexity index is 581. The summed E-state index contributed by atoms with van der Waals surface area (Å²) in [4.78, 5) is 30.2. The van der Waals surface area contributed by atoms with E-state index in [2.05, 4.69) is 10.3 Å². The van der Waals surface area contributed by atoms with Gasteiger partial charge in [0.1, 0.15) is 0 Å². The van der Waals surface area contributed by atoms with Gasteiger partial charge in [-0.3, -0.25) is 14.5 Å². The molecule has 118 valence electrons. The molecule has 0 bridgehead atoms. The average molecular weight is 321 g/mol. The fourth-order valence-corrected chi connectivity index (χ4v) is 2.57. The first-order valence-corrected chi connectivity index (χ1v) is 7.60. The molecule has 0 fully saturated rings. The Morgan fingerprint density at radius 1 is 1.55 bits per heavy atom. The summed E-state index contributed by atoms with van der Waals surface area (Å²) >= 11 is 5.18. The van der Waals surface area contributed by atoms with Gasteiger partial charge in [0.25, 0.3) is 5.91 Å². The number of nitrogens with one attached hydrogen (secondary N) is 1. The largest absolute Gasteiger partial charge is 0.383 e. The highest BCUT2D eigenvalue weighted by atomic mass is 32.1. The van der Waals surface area contributed by atoms with Gasteiger partial charge in [-0.25, -0.2) is 4.99 Å². The second-order valence-corrected chi connectivity index (χ2v) is 5.36. The first kappa shape index (κ1) is 16.5. The summed E-state index contributed by atoms with van der Waals surface area (Å²) in [6.45, 7) is 3.42. The van der Waals surface area contributed by atoms with E-state index in [-0.39, 0.29) is 16.9 Å². The Balaban J connectivity index is 2.14. The number of rotatable bonds is 6. The number of allylic oxidation sites excluding steroid dienone is 1. The van der Waals surface area contributed by atoms with E-state index in [0.29, 0.717) is 31.0 Å². The monoisotopic (exact) mass is 321 g/mol. The molecule has 6 nitrogen and oxygen atoms in total. The predicted molar refractivity (Wildman–Crippen MR) is 87.6 cm³/mol. The summed E-state index contributed by atoms with van der Waals surface area (Å²) in [5, 5.41) is 3.00. The summed E-state index contributed by atoms with van der Waals surface area (Å²) in [5.41, 5.74) is 0.993. The molecule has 0 saturated heterocycles. The molecule has 1 aliphatic heterocycles. The minimum absolute atomic E-state index is 0.0804. The molecule has 2 aliphatic rings. The number of ether oxygens (including phenoxy) is 1.